The van der Waals surface area contributed by atoms with Crippen molar-refractivity contribution in [2.24, 2.45) is 5.10 Å². The minimum atomic E-state index is -0.101. The minimum absolute atomic E-state index is 0.101. The van der Waals surface area contributed by atoms with Crippen LogP contribution in [0.2, 0.25) is 0 Å². The Labute approximate surface area is 219 Å². The summed E-state index contributed by atoms with van der Waals surface area (Å²) in [5, 5.41) is 20.1. The molecule has 6 rings (SSSR count). The lowest BCUT2D eigenvalue weighted by Crippen LogP contribution is -2.31. The van der Waals surface area contributed by atoms with Gasteiger partial charge in [0, 0.05) is 35.0 Å². The summed E-state index contributed by atoms with van der Waals surface area (Å²) < 4.78 is 1.95. The molecular formula is C29H23N5S2. The highest BCUT2D eigenvalue weighted by Gasteiger charge is 2.35. The van der Waals surface area contributed by atoms with Crippen molar-refractivity contribution in [2.75, 3.05) is 5.32 Å². The zero-order valence-corrected chi connectivity index (χ0v) is 21.0. The van der Waals surface area contributed by atoms with Crippen molar-refractivity contribution < 1.29 is 0 Å². The van der Waals surface area contributed by atoms with E-state index in [-0.39, 0.29) is 6.04 Å². The first-order valence-electron chi connectivity index (χ1n) is 11.7. The molecule has 7 heteroatoms. The number of nitrogens with one attached hydrogen (secondary N) is 1. The molecule has 0 spiro atoms. The number of hydrogen-bond donors (Lipinski definition) is 1. The lowest BCUT2D eigenvalue weighted by atomic mass is 9.97. The summed E-state index contributed by atoms with van der Waals surface area (Å²) in [5.41, 5.74) is 7.16. The van der Waals surface area contributed by atoms with Gasteiger partial charge in [0.2, 0.25) is 0 Å². The largest absolute Gasteiger partial charge is 0.331 e. The van der Waals surface area contributed by atoms with Crippen LogP contribution in [0.1, 0.15) is 23.6 Å². The summed E-state index contributed by atoms with van der Waals surface area (Å²) in [6, 6.07) is 32.5. The number of rotatable bonds is 5. The third kappa shape index (κ3) is 4.46. The van der Waals surface area contributed by atoms with Gasteiger partial charge in [0.1, 0.15) is 0 Å². The molecule has 0 bridgehead atoms. The van der Waals surface area contributed by atoms with Gasteiger partial charge in [-0.25, -0.2) is 9.69 Å². The number of nitrogens with zero attached hydrogens (tertiary/aromatic N) is 4. The number of aromatic nitrogens is 2. The summed E-state index contributed by atoms with van der Waals surface area (Å²) in [6.07, 6.45) is 2.85. The fraction of sp³-hybridized carbons (Fsp3) is 0.0690. The summed E-state index contributed by atoms with van der Waals surface area (Å²) >= 11 is 7.57. The highest BCUT2D eigenvalue weighted by atomic mass is 32.1. The van der Waals surface area contributed by atoms with Gasteiger partial charge >= 0.3 is 0 Å². The zero-order valence-electron chi connectivity index (χ0n) is 19.4. The Kier molecular flexibility index (Phi) is 6.15. The second kappa shape index (κ2) is 9.89. The average molecular weight is 506 g/mol. The lowest BCUT2D eigenvalue weighted by molar-refractivity contribution is 0.376. The fourth-order valence-corrected chi connectivity index (χ4v) is 5.36. The minimum Gasteiger partial charge on any atom is -0.331 e. The molecule has 5 aromatic rings. The van der Waals surface area contributed by atoms with Crippen LogP contribution in [0.3, 0.4) is 0 Å². The smallest absolute Gasteiger partial charge is 0.194 e. The molecule has 0 fully saturated rings. The van der Waals surface area contributed by atoms with Crippen LogP contribution >= 0.6 is 23.6 Å². The van der Waals surface area contributed by atoms with Gasteiger partial charge in [0.25, 0.3) is 0 Å². The predicted molar refractivity (Wildman–Crippen MR) is 152 cm³/mol. The lowest BCUT2D eigenvalue weighted by Gasteiger charge is -2.24. The maximum Gasteiger partial charge on any atom is 0.194 e. The maximum atomic E-state index is 5.90. The third-order valence-electron chi connectivity index (χ3n) is 6.17. The number of hydrazone groups is 1. The molecule has 36 heavy (non-hydrogen) atoms. The normalized spacial score (nSPS) is 15.1. The molecule has 176 valence electrons. The number of thiocarbonyl (C=S) groups is 1. The van der Waals surface area contributed by atoms with E-state index in [0.717, 1.165) is 45.9 Å². The summed E-state index contributed by atoms with van der Waals surface area (Å²) in [5.74, 6) is 0. The summed E-state index contributed by atoms with van der Waals surface area (Å²) in [4.78, 5) is 0. The topological polar surface area (TPSA) is 45.5 Å². The van der Waals surface area contributed by atoms with Gasteiger partial charge in [-0.1, -0.05) is 66.7 Å². The Bertz CT molecular complexity index is 1490. The zero-order chi connectivity index (χ0) is 24.3. The molecule has 3 aromatic carbocycles. The highest BCUT2D eigenvalue weighted by molar-refractivity contribution is 7.80. The van der Waals surface area contributed by atoms with Gasteiger partial charge in [0.05, 0.1) is 23.1 Å². The van der Waals surface area contributed by atoms with Crippen LogP contribution in [0.25, 0.3) is 16.9 Å². The van der Waals surface area contributed by atoms with E-state index in [0.29, 0.717) is 5.11 Å². The Morgan fingerprint density at radius 2 is 1.56 bits per heavy atom. The van der Waals surface area contributed by atoms with Crippen LogP contribution < -0.4 is 5.32 Å². The van der Waals surface area contributed by atoms with Crippen molar-refractivity contribution in [3.8, 4) is 16.9 Å². The van der Waals surface area contributed by atoms with Crippen LogP contribution in [-0.2, 0) is 0 Å². The first-order chi connectivity index (χ1) is 17.8. The van der Waals surface area contributed by atoms with Crippen molar-refractivity contribution in [2.45, 2.75) is 12.5 Å². The second-order valence-electron chi connectivity index (χ2n) is 8.50. The Morgan fingerprint density at radius 3 is 2.25 bits per heavy atom. The second-order valence-corrected chi connectivity index (χ2v) is 9.67. The molecule has 5 nitrogen and oxygen atoms in total. The van der Waals surface area contributed by atoms with Gasteiger partial charge in [-0.05, 0) is 53.3 Å². The van der Waals surface area contributed by atoms with Crippen LogP contribution in [0.15, 0.2) is 119 Å². The van der Waals surface area contributed by atoms with Crippen molar-refractivity contribution >= 4 is 40.1 Å². The van der Waals surface area contributed by atoms with Crippen LogP contribution in [0.4, 0.5) is 5.69 Å². The molecule has 0 unspecified atom stereocenters. The molecular weight excluding hydrogens is 482 g/mol. The van der Waals surface area contributed by atoms with E-state index >= 15 is 0 Å². The van der Waals surface area contributed by atoms with Gasteiger partial charge in [-0.15, -0.1) is 0 Å². The van der Waals surface area contributed by atoms with E-state index in [1.54, 1.807) is 11.3 Å². The van der Waals surface area contributed by atoms with E-state index < -0.39 is 0 Å². The molecule has 3 heterocycles. The Balaban J connectivity index is 1.44. The Morgan fingerprint density at radius 1 is 0.861 bits per heavy atom. The molecule has 0 amide bonds. The van der Waals surface area contributed by atoms with Gasteiger partial charge in [0.15, 0.2) is 5.11 Å². The molecule has 1 aliphatic rings. The van der Waals surface area contributed by atoms with Crippen molar-refractivity contribution in [1.29, 1.82) is 0 Å². The molecule has 0 radical (unpaired) electrons. The standard InChI is InChI=1S/C29H23N5S2/c35-29(30-23-12-6-2-7-13-23)34-27(18-26(31-34)22-16-17-36-20-22)25-19-33(24-14-8-3-9-15-24)32-28(25)21-10-4-1-5-11-21/h1-17,19-20,27H,18H2,(H,30,35)/t27-/m1/s1. The molecule has 2 aromatic heterocycles. The predicted octanol–water partition coefficient (Wildman–Crippen LogP) is 7.15. The first kappa shape index (κ1) is 22.4. The summed E-state index contributed by atoms with van der Waals surface area (Å²) in [6.45, 7) is 0. The van der Waals surface area contributed by atoms with E-state index in [4.69, 9.17) is 22.4 Å². The fourth-order valence-electron chi connectivity index (χ4n) is 4.41. The van der Waals surface area contributed by atoms with E-state index in [9.17, 15) is 0 Å². The molecule has 0 saturated heterocycles. The maximum absolute atomic E-state index is 5.90. The van der Waals surface area contributed by atoms with Gasteiger partial charge < -0.3 is 5.32 Å². The highest BCUT2D eigenvalue weighted by Crippen LogP contribution is 2.39. The molecule has 0 aliphatic carbocycles. The van der Waals surface area contributed by atoms with E-state index in [2.05, 4.69) is 52.6 Å². The number of thiophene rings is 1. The summed E-state index contributed by atoms with van der Waals surface area (Å²) in [7, 11) is 0. The van der Waals surface area contributed by atoms with Gasteiger partial charge in [-0.3, -0.25) is 0 Å². The SMILES string of the molecule is S=C(Nc1ccccc1)N1N=C(c2ccsc2)C[C@@H]1c1cn(-c2ccccc2)nc1-c1ccccc1. The quantitative estimate of drug-likeness (QED) is 0.258. The Hall–Kier alpha value is -4.07. The average Bonchev–Trinajstić information content (AvgIpc) is 3.70. The molecule has 1 atom stereocenters. The monoisotopic (exact) mass is 505 g/mol. The number of benzene rings is 3. The van der Waals surface area contributed by atoms with Crippen LogP contribution in [-0.4, -0.2) is 25.6 Å². The molecule has 1 aliphatic heterocycles. The van der Waals surface area contributed by atoms with Crippen molar-refractivity contribution in [1.82, 2.24) is 14.8 Å². The number of anilines is 1. The van der Waals surface area contributed by atoms with Crippen molar-refractivity contribution in [3.63, 3.8) is 0 Å². The molecule has 0 saturated carbocycles. The molecule has 1 N–H and O–H groups in total. The number of hydrogen-bond acceptors (Lipinski definition) is 4. The first-order valence-corrected chi connectivity index (χ1v) is 13.1. The van der Waals surface area contributed by atoms with Crippen LogP contribution in [0, 0.1) is 0 Å². The number of para-hydroxylation sites is 2. The van der Waals surface area contributed by atoms with Crippen LogP contribution in [0.5, 0.6) is 0 Å². The van der Waals surface area contributed by atoms with E-state index in [1.165, 1.54) is 0 Å². The van der Waals surface area contributed by atoms with E-state index in [1.807, 2.05) is 76.4 Å². The third-order valence-corrected chi connectivity index (χ3v) is 7.14. The van der Waals surface area contributed by atoms with Crippen molar-refractivity contribution in [3.05, 3.63) is 125 Å². The van der Waals surface area contributed by atoms with Gasteiger partial charge in [-0.2, -0.15) is 21.5 Å².